The van der Waals surface area contributed by atoms with Crippen LogP contribution in [0.15, 0.2) is 35.6 Å². The molecule has 1 amide bonds. The Balaban J connectivity index is 1.93. The van der Waals surface area contributed by atoms with Crippen molar-refractivity contribution >= 4 is 28.0 Å². The van der Waals surface area contributed by atoms with Crippen LogP contribution < -0.4 is 15.8 Å². The van der Waals surface area contributed by atoms with E-state index in [-0.39, 0.29) is 22.8 Å². The van der Waals surface area contributed by atoms with Gasteiger partial charge in [0.05, 0.1) is 25.3 Å². The Hall–Kier alpha value is -2.83. The molecule has 2 heterocycles. The minimum absolute atomic E-state index is 0.00445. The van der Waals surface area contributed by atoms with Gasteiger partial charge in [-0.1, -0.05) is 0 Å². The molecule has 12 heteroatoms. The Kier molecular flexibility index (Phi) is 5.43. The minimum Gasteiger partial charge on any atom is -0.480 e. The summed E-state index contributed by atoms with van der Waals surface area (Å²) in [6.45, 7) is 2.33. The van der Waals surface area contributed by atoms with Crippen LogP contribution in [0, 0.1) is 5.82 Å². The lowest BCUT2D eigenvalue weighted by atomic mass is 9.93. The number of hydrogen-bond acceptors (Lipinski definition) is 8. The molecule has 2 aromatic rings. The number of amidine groups is 1. The highest BCUT2D eigenvalue weighted by Crippen LogP contribution is 2.60. The fourth-order valence-electron chi connectivity index (χ4n) is 2.98. The number of anilines is 1. The van der Waals surface area contributed by atoms with Crippen molar-refractivity contribution in [3.05, 3.63) is 47.7 Å². The molecule has 0 saturated carbocycles. The van der Waals surface area contributed by atoms with Crippen molar-refractivity contribution in [2.24, 2.45) is 10.7 Å². The van der Waals surface area contributed by atoms with Gasteiger partial charge in [-0.25, -0.2) is 18.7 Å². The zero-order valence-electron chi connectivity index (χ0n) is 16.4. The van der Waals surface area contributed by atoms with E-state index in [2.05, 4.69) is 20.3 Å². The molecule has 1 aliphatic rings. The summed E-state index contributed by atoms with van der Waals surface area (Å²) < 4.78 is 54.6. The number of halogens is 2. The molecule has 0 unspecified atom stereocenters. The summed E-state index contributed by atoms with van der Waals surface area (Å²) in [5.74, 6) is -2.32. The van der Waals surface area contributed by atoms with Crippen molar-refractivity contribution < 1.29 is 27.4 Å². The lowest BCUT2D eigenvalue weighted by Crippen LogP contribution is -2.51. The number of nitrogens with zero attached hydrogens (tertiary/aromatic N) is 3. The van der Waals surface area contributed by atoms with E-state index in [9.17, 15) is 22.7 Å². The van der Waals surface area contributed by atoms with Crippen LogP contribution in [0.1, 0.15) is 29.9 Å². The first-order valence-electron chi connectivity index (χ1n) is 8.67. The Morgan fingerprint density at radius 2 is 2.00 bits per heavy atom. The first-order valence-corrected chi connectivity index (χ1v) is 10.4. The normalized spacial score (nSPS) is 26.4. The zero-order valence-corrected chi connectivity index (χ0v) is 17.2. The van der Waals surface area contributed by atoms with Crippen LogP contribution in [0.5, 0.6) is 5.88 Å². The molecule has 0 saturated heterocycles. The van der Waals surface area contributed by atoms with Crippen molar-refractivity contribution in [3.63, 3.8) is 0 Å². The van der Waals surface area contributed by atoms with Gasteiger partial charge in [0.15, 0.2) is 5.84 Å². The highest BCUT2D eigenvalue weighted by Gasteiger charge is 2.52. The fourth-order valence-corrected chi connectivity index (χ4v) is 4.64. The molecule has 162 valence electrons. The fraction of sp³-hybridized carbons (Fsp3) is 0.333. The van der Waals surface area contributed by atoms with Crippen molar-refractivity contribution in [1.82, 2.24) is 9.97 Å². The average molecular weight is 441 g/mol. The smallest absolute Gasteiger partial charge is 0.275 e. The SMILES string of the molecule is COc1cnc(C(=O)Nc2ccc(F)c([C@]3(C)CS(O)(O)[C@@](C)(F)C(N)=N3)c2)cn1. The highest BCUT2D eigenvalue weighted by atomic mass is 32.3. The highest BCUT2D eigenvalue weighted by molar-refractivity contribution is 8.26. The third-order valence-electron chi connectivity index (χ3n) is 4.80. The van der Waals surface area contributed by atoms with Crippen LogP contribution in [0.3, 0.4) is 0 Å². The number of nitrogens with one attached hydrogen (secondary N) is 1. The van der Waals surface area contributed by atoms with Crippen LogP contribution in [-0.4, -0.2) is 48.7 Å². The summed E-state index contributed by atoms with van der Waals surface area (Å²) in [7, 11) is -2.47. The number of alkyl halides is 1. The molecule has 0 bridgehead atoms. The Morgan fingerprint density at radius 1 is 1.30 bits per heavy atom. The average Bonchev–Trinajstić information content (AvgIpc) is 2.67. The van der Waals surface area contributed by atoms with E-state index in [4.69, 9.17) is 10.5 Å². The maximum atomic E-state index is 14.6. The number of carbonyl (C=O) groups excluding carboxylic acids is 1. The quantitative estimate of drug-likeness (QED) is 0.571. The molecule has 5 N–H and O–H groups in total. The lowest BCUT2D eigenvalue weighted by molar-refractivity contribution is 0.102. The summed E-state index contributed by atoms with van der Waals surface area (Å²) in [5.41, 5.74) is 4.17. The number of rotatable bonds is 4. The van der Waals surface area contributed by atoms with E-state index in [1.807, 2.05) is 0 Å². The van der Waals surface area contributed by atoms with Crippen molar-refractivity contribution in [2.75, 3.05) is 18.2 Å². The second-order valence-corrected chi connectivity index (χ2v) is 9.48. The number of methoxy groups -OCH3 is 1. The number of carbonyl (C=O) groups is 1. The molecule has 1 aromatic carbocycles. The number of aromatic nitrogens is 2. The van der Waals surface area contributed by atoms with Gasteiger partial charge in [0.25, 0.3) is 10.9 Å². The summed E-state index contributed by atoms with van der Waals surface area (Å²) in [6.07, 6.45) is 2.48. The third-order valence-corrected chi connectivity index (χ3v) is 7.20. The Bertz CT molecular complexity index is 1020. The van der Waals surface area contributed by atoms with Crippen LogP contribution in [0.4, 0.5) is 14.5 Å². The van der Waals surface area contributed by atoms with Gasteiger partial charge >= 0.3 is 0 Å². The lowest BCUT2D eigenvalue weighted by Gasteiger charge is -2.50. The third kappa shape index (κ3) is 3.80. The van der Waals surface area contributed by atoms with Gasteiger partial charge in [-0.15, -0.1) is 0 Å². The zero-order chi connectivity index (χ0) is 22.3. The molecular formula is C18H21F2N5O4S. The van der Waals surface area contributed by atoms with Gasteiger partial charge in [-0.3, -0.25) is 18.9 Å². The summed E-state index contributed by atoms with van der Waals surface area (Å²) in [6, 6.07) is 3.66. The number of amides is 1. The predicted molar refractivity (Wildman–Crippen MR) is 109 cm³/mol. The monoisotopic (exact) mass is 441 g/mol. The number of benzene rings is 1. The molecule has 30 heavy (non-hydrogen) atoms. The van der Waals surface area contributed by atoms with Gasteiger partial charge in [0.1, 0.15) is 17.1 Å². The van der Waals surface area contributed by atoms with E-state index < -0.39 is 44.4 Å². The van der Waals surface area contributed by atoms with E-state index in [0.717, 1.165) is 13.0 Å². The van der Waals surface area contributed by atoms with Crippen LogP contribution in [0.2, 0.25) is 0 Å². The maximum Gasteiger partial charge on any atom is 0.275 e. The van der Waals surface area contributed by atoms with Crippen LogP contribution in [0.25, 0.3) is 0 Å². The van der Waals surface area contributed by atoms with E-state index in [1.165, 1.54) is 38.6 Å². The maximum absolute atomic E-state index is 14.6. The molecule has 0 fully saturated rings. The summed E-state index contributed by atoms with van der Waals surface area (Å²) >= 11 is 0. The van der Waals surface area contributed by atoms with Gasteiger partial charge in [-0.05, 0) is 32.0 Å². The second kappa shape index (κ2) is 7.45. The minimum atomic E-state index is -3.87. The van der Waals surface area contributed by atoms with E-state index >= 15 is 0 Å². The van der Waals surface area contributed by atoms with E-state index in [1.54, 1.807) is 0 Å². The van der Waals surface area contributed by atoms with Gasteiger partial charge in [-0.2, -0.15) is 10.6 Å². The number of ether oxygens (including phenoxy) is 1. The summed E-state index contributed by atoms with van der Waals surface area (Å²) in [4.78, 5) is 24.2. The Labute approximate surface area is 172 Å². The molecular weight excluding hydrogens is 420 g/mol. The molecule has 2 atom stereocenters. The van der Waals surface area contributed by atoms with Crippen LogP contribution >= 0.6 is 10.6 Å². The standard InChI is InChI=1S/C18H21F2N5O4S/c1-17(9-30(27,28)18(2,20)16(21)25-17)11-6-10(4-5-12(11)19)24-15(26)13-7-23-14(29-3)8-22-13/h4-8,27-28H,9H2,1-3H3,(H2,21,25)(H,24,26)/t17-,18+/m0/s1. The van der Waals surface area contributed by atoms with Crippen LogP contribution in [-0.2, 0) is 5.54 Å². The largest absolute Gasteiger partial charge is 0.480 e. The number of aliphatic imine (C=N–C) groups is 1. The second-order valence-electron chi connectivity index (χ2n) is 7.09. The van der Waals surface area contributed by atoms with E-state index in [0.29, 0.717) is 0 Å². The summed E-state index contributed by atoms with van der Waals surface area (Å²) in [5, 5.41) is -0.0763. The first kappa shape index (κ1) is 21.9. The molecule has 3 rings (SSSR count). The topological polar surface area (TPSA) is 143 Å². The van der Waals surface area contributed by atoms with Crippen molar-refractivity contribution in [2.45, 2.75) is 24.4 Å². The van der Waals surface area contributed by atoms with Gasteiger partial charge in [0, 0.05) is 11.3 Å². The molecule has 0 spiro atoms. The number of hydrogen-bond donors (Lipinski definition) is 4. The molecule has 9 nitrogen and oxygen atoms in total. The molecule has 1 aromatic heterocycles. The first-order chi connectivity index (χ1) is 13.9. The van der Waals surface area contributed by atoms with Gasteiger partial charge < -0.3 is 15.8 Å². The number of nitrogens with two attached hydrogens (primary N) is 1. The molecule has 0 radical (unpaired) electrons. The Morgan fingerprint density at radius 3 is 2.57 bits per heavy atom. The predicted octanol–water partition coefficient (Wildman–Crippen LogP) is 2.90. The van der Waals surface area contributed by atoms with Crippen molar-refractivity contribution in [1.29, 1.82) is 0 Å². The van der Waals surface area contributed by atoms with Crippen molar-refractivity contribution in [3.8, 4) is 5.88 Å². The molecule has 0 aliphatic carbocycles. The van der Waals surface area contributed by atoms with Gasteiger partial charge in [0.2, 0.25) is 5.88 Å². The molecule has 1 aliphatic heterocycles.